The Morgan fingerprint density at radius 2 is 1.66 bits per heavy atom. The lowest BCUT2D eigenvalue weighted by Crippen LogP contribution is -2.39. The number of Topliss-reactive ketones (excluding diaryl/α,β-unsaturated/α-hetero) is 1. The predicted octanol–water partition coefficient (Wildman–Crippen LogP) is 4.88. The number of rotatable bonds is 6. The van der Waals surface area contributed by atoms with E-state index in [-0.39, 0.29) is 11.4 Å². The first-order chi connectivity index (χ1) is 15.4. The van der Waals surface area contributed by atoms with Crippen molar-refractivity contribution < 1.29 is 17.9 Å². The Bertz CT molecular complexity index is 1280. The van der Waals surface area contributed by atoms with Gasteiger partial charge in [0.15, 0.2) is 4.91 Å². The molecule has 0 aliphatic carbocycles. The molecule has 0 amide bonds. The van der Waals surface area contributed by atoms with Crippen LogP contribution in [0.4, 0.5) is 11.4 Å². The van der Waals surface area contributed by atoms with Crippen LogP contribution < -0.4 is 14.4 Å². The minimum atomic E-state index is -4.09. The second-order valence-corrected chi connectivity index (χ2v) is 9.26. The van der Waals surface area contributed by atoms with Crippen molar-refractivity contribution in [2.45, 2.75) is 20.4 Å². The number of ketones is 1. The average molecular weight is 449 g/mol. The molecule has 0 saturated heterocycles. The molecular weight excluding hydrogens is 424 g/mol. The van der Waals surface area contributed by atoms with Gasteiger partial charge in [0, 0.05) is 11.8 Å². The SMILES string of the molecule is CCOc1ccccc1N/C=C1\C(=O)c2ccccc2N(Cc2ccc(C)cc2)S1(=O)=O. The van der Waals surface area contributed by atoms with Gasteiger partial charge < -0.3 is 10.1 Å². The molecule has 0 unspecified atom stereocenters. The van der Waals surface area contributed by atoms with Gasteiger partial charge in [0.05, 0.1) is 24.5 Å². The topological polar surface area (TPSA) is 75.7 Å². The number of anilines is 2. The van der Waals surface area contributed by atoms with E-state index in [0.717, 1.165) is 11.1 Å². The third-order valence-corrected chi connectivity index (χ3v) is 6.97. The van der Waals surface area contributed by atoms with Gasteiger partial charge in [-0.3, -0.25) is 9.10 Å². The summed E-state index contributed by atoms with van der Waals surface area (Å²) in [5.41, 5.74) is 3.22. The summed E-state index contributed by atoms with van der Waals surface area (Å²) in [6, 6.07) is 21.6. The highest BCUT2D eigenvalue weighted by atomic mass is 32.2. The molecule has 1 aliphatic heterocycles. The molecule has 6 nitrogen and oxygen atoms in total. The lowest BCUT2D eigenvalue weighted by atomic mass is 10.1. The fraction of sp³-hybridized carbons (Fsp3) is 0.160. The van der Waals surface area contributed by atoms with E-state index in [1.807, 2.05) is 44.2 Å². The maximum Gasteiger partial charge on any atom is 0.270 e. The number of allylic oxidation sites excluding steroid dienone is 1. The van der Waals surface area contributed by atoms with E-state index in [1.54, 1.807) is 42.5 Å². The lowest BCUT2D eigenvalue weighted by molar-refractivity contribution is 0.104. The quantitative estimate of drug-likeness (QED) is 0.544. The molecule has 7 heteroatoms. The highest BCUT2D eigenvalue weighted by Crippen LogP contribution is 2.36. The van der Waals surface area contributed by atoms with Crippen molar-refractivity contribution in [3.8, 4) is 5.75 Å². The van der Waals surface area contributed by atoms with E-state index in [2.05, 4.69) is 5.32 Å². The van der Waals surface area contributed by atoms with Crippen molar-refractivity contribution in [1.29, 1.82) is 0 Å². The zero-order chi connectivity index (χ0) is 22.7. The van der Waals surface area contributed by atoms with Gasteiger partial charge in [0.2, 0.25) is 5.78 Å². The van der Waals surface area contributed by atoms with Gasteiger partial charge in [-0.2, -0.15) is 0 Å². The molecule has 164 valence electrons. The van der Waals surface area contributed by atoms with E-state index in [9.17, 15) is 13.2 Å². The third-order valence-electron chi connectivity index (χ3n) is 5.20. The number of carbonyl (C=O) groups is 1. The second kappa shape index (κ2) is 8.88. The molecular formula is C25H24N2O4S. The summed E-state index contributed by atoms with van der Waals surface area (Å²) in [4.78, 5) is 12.9. The van der Waals surface area contributed by atoms with Crippen LogP contribution in [0.25, 0.3) is 0 Å². The fourth-order valence-corrected chi connectivity index (χ4v) is 5.09. The lowest BCUT2D eigenvalue weighted by Gasteiger charge is -2.31. The summed E-state index contributed by atoms with van der Waals surface area (Å²) in [5.74, 6) is 0.0339. The van der Waals surface area contributed by atoms with E-state index < -0.39 is 15.8 Å². The van der Waals surface area contributed by atoms with Crippen molar-refractivity contribution in [3.63, 3.8) is 0 Å². The number of para-hydroxylation sites is 3. The molecule has 3 aromatic rings. The molecule has 0 fully saturated rings. The molecule has 3 aromatic carbocycles. The zero-order valence-corrected chi connectivity index (χ0v) is 18.7. The van der Waals surface area contributed by atoms with Crippen LogP contribution in [0.3, 0.4) is 0 Å². The summed E-state index contributed by atoms with van der Waals surface area (Å²) in [5, 5.41) is 2.96. The van der Waals surface area contributed by atoms with Crippen LogP contribution in [0, 0.1) is 6.92 Å². The first-order valence-corrected chi connectivity index (χ1v) is 11.8. The molecule has 0 radical (unpaired) electrons. The summed E-state index contributed by atoms with van der Waals surface area (Å²) in [6.45, 7) is 4.43. The van der Waals surface area contributed by atoms with E-state index in [0.29, 0.717) is 29.3 Å². The molecule has 0 bridgehead atoms. The Labute approximate surface area is 188 Å². The molecule has 32 heavy (non-hydrogen) atoms. The molecule has 0 spiro atoms. The molecule has 4 rings (SSSR count). The zero-order valence-electron chi connectivity index (χ0n) is 17.9. The van der Waals surface area contributed by atoms with Crippen LogP contribution in [-0.2, 0) is 16.6 Å². The van der Waals surface area contributed by atoms with Gasteiger partial charge in [0.25, 0.3) is 10.0 Å². The van der Waals surface area contributed by atoms with Crippen molar-refractivity contribution in [1.82, 2.24) is 0 Å². The van der Waals surface area contributed by atoms with Crippen LogP contribution in [0.1, 0.15) is 28.4 Å². The van der Waals surface area contributed by atoms with Crippen LogP contribution in [-0.4, -0.2) is 20.8 Å². The van der Waals surface area contributed by atoms with Crippen molar-refractivity contribution in [2.75, 3.05) is 16.2 Å². The van der Waals surface area contributed by atoms with Gasteiger partial charge in [-0.1, -0.05) is 54.1 Å². The monoisotopic (exact) mass is 448 g/mol. The van der Waals surface area contributed by atoms with Crippen molar-refractivity contribution >= 4 is 27.2 Å². The van der Waals surface area contributed by atoms with Gasteiger partial charge in [-0.05, 0) is 43.7 Å². The normalized spacial score (nSPS) is 16.0. The van der Waals surface area contributed by atoms with Gasteiger partial charge in [0.1, 0.15) is 5.75 Å². The summed E-state index contributed by atoms with van der Waals surface area (Å²) in [6.07, 6.45) is 1.26. The number of hydrogen-bond acceptors (Lipinski definition) is 5. The molecule has 0 atom stereocenters. The highest BCUT2D eigenvalue weighted by Gasteiger charge is 2.40. The van der Waals surface area contributed by atoms with Crippen LogP contribution in [0.15, 0.2) is 83.9 Å². The number of fused-ring (bicyclic) bond motifs is 1. The maximum atomic E-state index is 13.6. The Morgan fingerprint density at radius 1 is 0.969 bits per heavy atom. The predicted molar refractivity (Wildman–Crippen MR) is 126 cm³/mol. The van der Waals surface area contributed by atoms with E-state index in [1.165, 1.54) is 10.5 Å². The van der Waals surface area contributed by atoms with E-state index in [4.69, 9.17) is 4.74 Å². The largest absolute Gasteiger partial charge is 0.492 e. The fourth-order valence-electron chi connectivity index (χ4n) is 3.56. The first-order valence-electron chi connectivity index (χ1n) is 10.3. The number of sulfonamides is 1. The van der Waals surface area contributed by atoms with Gasteiger partial charge >= 0.3 is 0 Å². The summed E-state index contributed by atoms with van der Waals surface area (Å²) < 4.78 is 34.0. The number of nitrogens with zero attached hydrogens (tertiary/aromatic N) is 1. The standard InChI is InChI=1S/C25H24N2O4S/c1-3-31-23-11-7-5-9-21(23)26-16-24-25(28)20-8-4-6-10-22(20)27(32(24,29)30)17-19-14-12-18(2)13-15-19/h4-16,26H,3,17H2,1-2H3/b24-16+. The molecule has 1 N–H and O–H groups in total. The van der Waals surface area contributed by atoms with E-state index >= 15 is 0 Å². The molecule has 1 aliphatic rings. The number of carbonyl (C=O) groups excluding carboxylic acids is 1. The van der Waals surface area contributed by atoms with Crippen molar-refractivity contribution in [3.05, 3.63) is 101 Å². The van der Waals surface area contributed by atoms with Crippen LogP contribution in [0.2, 0.25) is 0 Å². The minimum Gasteiger partial charge on any atom is -0.492 e. The molecule has 1 heterocycles. The summed E-state index contributed by atoms with van der Waals surface area (Å²) >= 11 is 0. The number of hydrogen-bond donors (Lipinski definition) is 1. The first kappa shape index (κ1) is 21.6. The molecule has 0 aromatic heterocycles. The Hall–Kier alpha value is -3.58. The Kier molecular flexibility index (Phi) is 6.01. The number of benzene rings is 3. The Balaban J connectivity index is 1.76. The second-order valence-electron chi connectivity index (χ2n) is 7.43. The number of nitrogens with one attached hydrogen (secondary N) is 1. The Morgan fingerprint density at radius 3 is 2.41 bits per heavy atom. The van der Waals surface area contributed by atoms with Crippen LogP contribution in [0.5, 0.6) is 5.75 Å². The van der Waals surface area contributed by atoms with Gasteiger partial charge in [-0.25, -0.2) is 8.42 Å². The smallest absolute Gasteiger partial charge is 0.270 e. The number of ether oxygens (including phenoxy) is 1. The summed E-state index contributed by atoms with van der Waals surface area (Å²) in [7, 11) is -4.09. The highest BCUT2D eigenvalue weighted by molar-refractivity contribution is 7.97. The van der Waals surface area contributed by atoms with Crippen molar-refractivity contribution in [2.24, 2.45) is 0 Å². The molecule has 0 saturated carbocycles. The maximum absolute atomic E-state index is 13.6. The van der Waals surface area contributed by atoms with Gasteiger partial charge in [-0.15, -0.1) is 0 Å². The minimum absolute atomic E-state index is 0.125. The number of aryl methyl sites for hydroxylation is 1. The average Bonchev–Trinajstić information content (AvgIpc) is 2.79. The third kappa shape index (κ3) is 4.11. The van der Waals surface area contributed by atoms with Crippen LogP contribution >= 0.6 is 0 Å².